The summed E-state index contributed by atoms with van der Waals surface area (Å²) in [5, 5.41) is 0. The van der Waals surface area contributed by atoms with E-state index in [4.69, 9.17) is 4.42 Å². The highest BCUT2D eigenvalue weighted by Crippen LogP contribution is 2.19. The van der Waals surface area contributed by atoms with Crippen molar-refractivity contribution in [3.63, 3.8) is 0 Å². The van der Waals surface area contributed by atoms with Gasteiger partial charge in [0, 0.05) is 12.0 Å². The first-order valence-electron chi connectivity index (χ1n) is 5.90. The summed E-state index contributed by atoms with van der Waals surface area (Å²) >= 11 is 0. The molecule has 0 aliphatic rings. The van der Waals surface area contributed by atoms with Gasteiger partial charge in [0.2, 0.25) is 5.89 Å². The molecular weight excluding hydrogens is 198 g/mol. The van der Waals surface area contributed by atoms with Gasteiger partial charge in [-0.3, -0.25) is 0 Å². The quantitative estimate of drug-likeness (QED) is 0.702. The topological polar surface area (TPSA) is 26.0 Å². The van der Waals surface area contributed by atoms with Crippen molar-refractivity contribution in [2.45, 2.75) is 32.6 Å². The van der Waals surface area contributed by atoms with Crippen LogP contribution in [-0.2, 0) is 6.42 Å². The molecule has 1 aromatic carbocycles. The Hall–Kier alpha value is -1.57. The molecular formula is C14H17NO. The maximum Gasteiger partial charge on any atom is 0.226 e. The van der Waals surface area contributed by atoms with Gasteiger partial charge in [0.15, 0.2) is 0 Å². The van der Waals surface area contributed by atoms with E-state index in [1.165, 1.54) is 19.3 Å². The van der Waals surface area contributed by atoms with E-state index in [1.807, 2.05) is 36.5 Å². The van der Waals surface area contributed by atoms with Gasteiger partial charge >= 0.3 is 0 Å². The summed E-state index contributed by atoms with van der Waals surface area (Å²) in [6.07, 6.45) is 6.51. The van der Waals surface area contributed by atoms with Gasteiger partial charge in [-0.2, -0.15) is 0 Å². The monoisotopic (exact) mass is 215 g/mol. The maximum atomic E-state index is 5.71. The second-order valence-electron chi connectivity index (χ2n) is 3.95. The summed E-state index contributed by atoms with van der Waals surface area (Å²) in [6, 6.07) is 10.0. The third kappa shape index (κ3) is 2.72. The average molecular weight is 215 g/mol. The average Bonchev–Trinajstić information content (AvgIpc) is 2.79. The maximum absolute atomic E-state index is 5.71. The van der Waals surface area contributed by atoms with Crippen LogP contribution in [0.4, 0.5) is 0 Å². The SMILES string of the molecule is CCCCCc1cnc(-c2ccccc2)o1. The fourth-order valence-corrected chi connectivity index (χ4v) is 1.69. The van der Waals surface area contributed by atoms with Gasteiger partial charge in [-0.25, -0.2) is 4.98 Å². The predicted molar refractivity (Wildman–Crippen MR) is 65.2 cm³/mol. The molecule has 2 heteroatoms. The fourth-order valence-electron chi connectivity index (χ4n) is 1.69. The third-order valence-corrected chi connectivity index (χ3v) is 2.60. The Morgan fingerprint density at radius 1 is 1.12 bits per heavy atom. The van der Waals surface area contributed by atoms with E-state index in [-0.39, 0.29) is 0 Å². The normalized spacial score (nSPS) is 10.6. The Kier molecular flexibility index (Phi) is 3.76. The lowest BCUT2D eigenvalue weighted by atomic mass is 10.2. The first-order chi connectivity index (χ1) is 7.90. The van der Waals surface area contributed by atoms with Crippen molar-refractivity contribution < 1.29 is 4.42 Å². The van der Waals surface area contributed by atoms with E-state index in [9.17, 15) is 0 Å². The van der Waals surface area contributed by atoms with Crippen LogP contribution in [0.25, 0.3) is 11.5 Å². The number of oxazole rings is 1. The Morgan fingerprint density at radius 3 is 2.69 bits per heavy atom. The molecule has 0 aliphatic heterocycles. The summed E-state index contributed by atoms with van der Waals surface area (Å²) in [5.74, 6) is 1.72. The lowest BCUT2D eigenvalue weighted by Gasteiger charge is -1.95. The number of hydrogen-bond acceptors (Lipinski definition) is 2. The smallest absolute Gasteiger partial charge is 0.226 e. The highest BCUT2D eigenvalue weighted by atomic mass is 16.4. The minimum absolute atomic E-state index is 0.729. The van der Waals surface area contributed by atoms with E-state index in [2.05, 4.69) is 11.9 Å². The van der Waals surface area contributed by atoms with Crippen LogP contribution < -0.4 is 0 Å². The van der Waals surface area contributed by atoms with Crippen LogP contribution in [0.3, 0.4) is 0 Å². The summed E-state index contributed by atoms with van der Waals surface area (Å²) in [4.78, 5) is 4.30. The lowest BCUT2D eigenvalue weighted by molar-refractivity contribution is 0.505. The molecule has 16 heavy (non-hydrogen) atoms. The van der Waals surface area contributed by atoms with Gasteiger partial charge in [-0.15, -0.1) is 0 Å². The molecule has 0 saturated carbocycles. The van der Waals surface area contributed by atoms with Gasteiger partial charge in [0.25, 0.3) is 0 Å². The second kappa shape index (κ2) is 5.50. The highest BCUT2D eigenvalue weighted by molar-refractivity contribution is 5.52. The molecule has 2 nitrogen and oxygen atoms in total. The lowest BCUT2D eigenvalue weighted by Crippen LogP contribution is -1.80. The van der Waals surface area contributed by atoms with Gasteiger partial charge in [-0.1, -0.05) is 38.0 Å². The van der Waals surface area contributed by atoms with Crippen LogP contribution in [0.15, 0.2) is 40.9 Å². The Morgan fingerprint density at radius 2 is 1.94 bits per heavy atom. The summed E-state index contributed by atoms with van der Waals surface area (Å²) < 4.78 is 5.71. The van der Waals surface area contributed by atoms with Gasteiger partial charge in [0.1, 0.15) is 5.76 Å². The van der Waals surface area contributed by atoms with E-state index < -0.39 is 0 Å². The minimum Gasteiger partial charge on any atom is -0.441 e. The molecule has 0 aliphatic carbocycles. The second-order valence-corrected chi connectivity index (χ2v) is 3.95. The zero-order valence-electron chi connectivity index (χ0n) is 9.65. The largest absolute Gasteiger partial charge is 0.441 e. The van der Waals surface area contributed by atoms with Crippen LogP contribution >= 0.6 is 0 Å². The predicted octanol–water partition coefficient (Wildman–Crippen LogP) is 4.07. The molecule has 0 amide bonds. The molecule has 0 spiro atoms. The molecule has 0 radical (unpaired) electrons. The fraction of sp³-hybridized carbons (Fsp3) is 0.357. The molecule has 2 rings (SSSR count). The van der Waals surface area contributed by atoms with Crippen molar-refractivity contribution in [1.29, 1.82) is 0 Å². The summed E-state index contributed by atoms with van der Waals surface area (Å²) in [6.45, 7) is 2.20. The van der Waals surface area contributed by atoms with Crippen molar-refractivity contribution in [3.8, 4) is 11.5 Å². The van der Waals surface area contributed by atoms with E-state index in [1.54, 1.807) is 0 Å². The highest BCUT2D eigenvalue weighted by Gasteiger charge is 2.05. The zero-order valence-corrected chi connectivity index (χ0v) is 9.65. The van der Waals surface area contributed by atoms with Gasteiger partial charge in [-0.05, 0) is 18.6 Å². The molecule has 0 N–H and O–H groups in total. The first-order valence-corrected chi connectivity index (χ1v) is 5.90. The van der Waals surface area contributed by atoms with Crippen LogP contribution in [0.2, 0.25) is 0 Å². The molecule has 0 saturated heterocycles. The zero-order chi connectivity index (χ0) is 11.2. The number of rotatable bonds is 5. The summed E-state index contributed by atoms with van der Waals surface area (Å²) in [5.41, 5.74) is 1.05. The van der Waals surface area contributed by atoms with E-state index >= 15 is 0 Å². The van der Waals surface area contributed by atoms with Crippen molar-refractivity contribution in [2.75, 3.05) is 0 Å². The van der Waals surface area contributed by atoms with E-state index in [0.717, 1.165) is 23.6 Å². The van der Waals surface area contributed by atoms with Crippen LogP contribution in [0.5, 0.6) is 0 Å². The Bertz CT molecular complexity index is 419. The molecule has 1 heterocycles. The summed E-state index contributed by atoms with van der Waals surface area (Å²) in [7, 11) is 0. The van der Waals surface area contributed by atoms with Crippen molar-refractivity contribution >= 4 is 0 Å². The number of hydrogen-bond donors (Lipinski definition) is 0. The van der Waals surface area contributed by atoms with Crippen molar-refractivity contribution in [3.05, 3.63) is 42.3 Å². The van der Waals surface area contributed by atoms with Crippen molar-refractivity contribution in [2.24, 2.45) is 0 Å². The Labute approximate surface area is 96.3 Å². The third-order valence-electron chi connectivity index (χ3n) is 2.60. The molecule has 1 aromatic heterocycles. The van der Waals surface area contributed by atoms with Crippen LogP contribution in [0.1, 0.15) is 31.9 Å². The molecule has 0 unspecified atom stereocenters. The van der Waals surface area contributed by atoms with Crippen LogP contribution in [0, 0.1) is 0 Å². The number of benzene rings is 1. The molecule has 2 aromatic rings. The molecule has 0 atom stereocenters. The standard InChI is InChI=1S/C14H17NO/c1-2-3-5-10-13-11-15-14(16-13)12-8-6-4-7-9-12/h4,6-9,11H,2-3,5,10H2,1H3. The number of unbranched alkanes of at least 4 members (excludes halogenated alkanes) is 2. The van der Waals surface area contributed by atoms with Gasteiger partial charge in [0.05, 0.1) is 6.20 Å². The molecule has 0 bridgehead atoms. The van der Waals surface area contributed by atoms with Crippen molar-refractivity contribution in [1.82, 2.24) is 4.98 Å². The number of nitrogens with zero attached hydrogens (tertiary/aromatic N) is 1. The minimum atomic E-state index is 0.729. The first kappa shape index (κ1) is 10.9. The number of aryl methyl sites for hydroxylation is 1. The number of aromatic nitrogens is 1. The molecule has 84 valence electrons. The Balaban J connectivity index is 2.02. The van der Waals surface area contributed by atoms with Gasteiger partial charge < -0.3 is 4.42 Å². The molecule has 0 fully saturated rings. The van der Waals surface area contributed by atoms with E-state index in [0.29, 0.717) is 0 Å². The van der Waals surface area contributed by atoms with Crippen LogP contribution in [-0.4, -0.2) is 4.98 Å².